The molecule has 1 aromatic carbocycles. The predicted molar refractivity (Wildman–Crippen MR) is 112 cm³/mol. The van der Waals surface area contributed by atoms with Crippen LogP contribution in [0.1, 0.15) is 24.8 Å². The van der Waals surface area contributed by atoms with Crippen molar-refractivity contribution in [2.75, 3.05) is 23.7 Å². The van der Waals surface area contributed by atoms with Crippen molar-refractivity contribution in [2.45, 2.75) is 30.1 Å². The van der Waals surface area contributed by atoms with Gasteiger partial charge in [-0.1, -0.05) is 23.9 Å². The quantitative estimate of drug-likeness (QED) is 0.608. The highest BCUT2D eigenvalue weighted by atomic mass is 32.2. The molecule has 1 aliphatic rings. The van der Waals surface area contributed by atoms with Crippen LogP contribution in [-0.4, -0.2) is 34.7 Å². The zero-order valence-corrected chi connectivity index (χ0v) is 16.7. The number of carbonyl (C=O) groups excluding carboxylic acids is 1. The molecule has 2 aromatic heterocycles. The summed E-state index contributed by atoms with van der Waals surface area (Å²) in [6, 6.07) is 12.2. The van der Waals surface area contributed by atoms with Crippen LogP contribution in [0.2, 0.25) is 0 Å². The SMILES string of the molecule is O=C(CCSc1nc2ccccc2s1)NCc1ccnc(N2CCCC2)c1. The van der Waals surface area contributed by atoms with Gasteiger partial charge < -0.3 is 10.2 Å². The maximum Gasteiger partial charge on any atom is 0.221 e. The summed E-state index contributed by atoms with van der Waals surface area (Å²) in [5.41, 5.74) is 2.13. The van der Waals surface area contributed by atoms with Crippen LogP contribution in [0.5, 0.6) is 0 Å². The number of aromatic nitrogens is 2. The molecule has 140 valence electrons. The fourth-order valence-electron chi connectivity index (χ4n) is 3.12. The van der Waals surface area contributed by atoms with Gasteiger partial charge in [-0.2, -0.15) is 0 Å². The second-order valence-electron chi connectivity index (χ2n) is 6.54. The first-order valence-corrected chi connectivity index (χ1v) is 11.0. The summed E-state index contributed by atoms with van der Waals surface area (Å²) in [5, 5.41) is 3.01. The third kappa shape index (κ3) is 4.78. The Kier molecular flexibility index (Phi) is 5.89. The van der Waals surface area contributed by atoms with Gasteiger partial charge in [0.05, 0.1) is 10.2 Å². The van der Waals surface area contributed by atoms with E-state index < -0.39 is 0 Å². The number of thiazole rings is 1. The molecule has 0 saturated carbocycles. The van der Waals surface area contributed by atoms with Gasteiger partial charge in [-0.05, 0) is 42.7 Å². The Morgan fingerprint density at radius 1 is 1.22 bits per heavy atom. The molecule has 1 amide bonds. The van der Waals surface area contributed by atoms with Crippen LogP contribution in [0.15, 0.2) is 46.9 Å². The zero-order chi connectivity index (χ0) is 18.5. The first kappa shape index (κ1) is 18.3. The van der Waals surface area contributed by atoms with Gasteiger partial charge in [-0.3, -0.25) is 4.79 Å². The molecule has 1 N–H and O–H groups in total. The Bertz CT molecular complexity index is 888. The average Bonchev–Trinajstić information content (AvgIpc) is 3.36. The Labute approximate surface area is 167 Å². The van der Waals surface area contributed by atoms with E-state index >= 15 is 0 Å². The number of amides is 1. The summed E-state index contributed by atoms with van der Waals surface area (Å²) in [5.74, 6) is 1.83. The lowest BCUT2D eigenvalue weighted by Gasteiger charge is -2.17. The Morgan fingerprint density at radius 3 is 2.93 bits per heavy atom. The smallest absolute Gasteiger partial charge is 0.221 e. The van der Waals surface area contributed by atoms with E-state index in [2.05, 4.69) is 32.3 Å². The van der Waals surface area contributed by atoms with Gasteiger partial charge >= 0.3 is 0 Å². The minimum absolute atomic E-state index is 0.0724. The highest BCUT2D eigenvalue weighted by molar-refractivity contribution is 8.01. The van der Waals surface area contributed by atoms with Gasteiger partial charge in [0.15, 0.2) is 4.34 Å². The number of rotatable bonds is 7. The Hall–Kier alpha value is -2.12. The normalized spacial score (nSPS) is 14.0. The number of para-hydroxylation sites is 1. The van der Waals surface area contributed by atoms with E-state index in [1.807, 2.05) is 30.5 Å². The maximum atomic E-state index is 12.2. The van der Waals surface area contributed by atoms with E-state index in [-0.39, 0.29) is 5.91 Å². The number of anilines is 1. The highest BCUT2D eigenvalue weighted by Gasteiger charge is 2.13. The molecule has 27 heavy (non-hydrogen) atoms. The molecule has 5 nitrogen and oxygen atoms in total. The number of thioether (sulfide) groups is 1. The van der Waals surface area contributed by atoms with Crippen LogP contribution < -0.4 is 10.2 Å². The molecule has 0 spiro atoms. The summed E-state index contributed by atoms with van der Waals surface area (Å²) in [6.07, 6.45) is 4.78. The van der Waals surface area contributed by atoms with Gasteiger partial charge in [0, 0.05) is 38.0 Å². The molecule has 1 saturated heterocycles. The molecular formula is C20H22N4OS2. The van der Waals surface area contributed by atoms with Crippen molar-refractivity contribution >= 4 is 45.0 Å². The summed E-state index contributed by atoms with van der Waals surface area (Å²) < 4.78 is 2.21. The topological polar surface area (TPSA) is 58.1 Å². The average molecular weight is 399 g/mol. The molecule has 0 unspecified atom stereocenters. The number of nitrogens with zero attached hydrogens (tertiary/aromatic N) is 3. The van der Waals surface area contributed by atoms with Crippen molar-refractivity contribution in [2.24, 2.45) is 0 Å². The Balaban J connectivity index is 1.23. The third-order valence-corrected chi connectivity index (χ3v) is 6.74. The third-order valence-electron chi connectivity index (χ3n) is 4.56. The number of hydrogen-bond donors (Lipinski definition) is 1. The lowest BCUT2D eigenvalue weighted by Crippen LogP contribution is -2.24. The second-order valence-corrected chi connectivity index (χ2v) is 8.91. The molecule has 1 aliphatic heterocycles. The van der Waals surface area contributed by atoms with Gasteiger partial charge in [0.25, 0.3) is 0 Å². The van der Waals surface area contributed by atoms with Gasteiger partial charge in [0.2, 0.25) is 5.91 Å². The fourth-order valence-corrected chi connectivity index (χ4v) is 5.20. The molecule has 1 fully saturated rings. The van der Waals surface area contributed by atoms with Crippen LogP contribution >= 0.6 is 23.1 Å². The van der Waals surface area contributed by atoms with Crippen LogP contribution in [0.3, 0.4) is 0 Å². The minimum Gasteiger partial charge on any atom is -0.357 e. The number of hydrogen-bond acceptors (Lipinski definition) is 6. The molecule has 3 aromatic rings. The lowest BCUT2D eigenvalue weighted by molar-refractivity contribution is -0.120. The molecule has 0 radical (unpaired) electrons. The molecule has 0 bridgehead atoms. The summed E-state index contributed by atoms with van der Waals surface area (Å²) in [7, 11) is 0. The van der Waals surface area contributed by atoms with Crippen molar-refractivity contribution in [3.8, 4) is 0 Å². The zero-order valence-electron chi connectivity index (χ0n) is 15.1. The van der Waals surface area contributed by atoms with E-state index in [1.54, 1.807) is 23.1 Å². The van der Waals surface area contributed by atoms with Gasteiger partial charge in [-0.15, -0.1) is 11.3 Å². The highest BCUT2D eigenvalue weighted by Crippen LogP contribution is 2.29. The lowest BCUT2D eigenvalue weighted by atomic mass is 10.2. The number of benzene rings is 1. The summed E-state index contributed by atoms with van der Waals surface area (Å²) in [6.45, 7) is 2.70. The van der Waals surface area contributed by atoms with Crippen LogP contribution in [-0.2, 0) is 11.3 Å². The first-order valence-electron chi connectivity index (χ1n) is 9.23. The standard InChI is InChI=1S/C20H22N4OS2/c25-19(8-12-26-20-23-16-5-1-2-6-17(16)27-20)22-14-15-7-9-21-18(13-15)24-10-3-4-11-24/h1-2,5-7,9,13H,3-4,8,10-12,14H2,(H,22,25). The van der Waals surface area contributed by atoms with Crippen molar-refractivity contribution in [3.63, 3.8) is 0 Å². The molecule has 7 heteroatoms. The van der Waals surface area contributed by atoms with E-state index in [1.165, 1.54) is 17.5 Å². The van der Waals surface area contributed by atoms with E-state index in [0.29, 0.717) is 13.0 Å². The molecule has 3 heterocycles. The fraction of sp³-hybridized carbons (Fsp3) is 0.350. The van der Waals surface area contributed by atoms with Crippen LogP contribution in [0.4, 0.5) is 5.82 Å². The monoisotopic (exact) mass is 398 g/mol. The number of pyridine rings is 1. The number of carbonyl (C=O) groups is 1. The van der Waals surface area contributed by atoms with E-state index in [0.717, 1.165) is 40.1 Å². The number of nitrogens with one attached hydrogen (secondary N) is 1. The van der Waals surface area contributed by atoms with Crippen molar-refractivity contribution in [1.29, 1.82) is 0 Å². The van der Waals surface area contributed by atoms with Gasteiger partial charge in [-0.25, -0.2) is 9.97 Å². The van der Waals surface area contributed by atoms with E-state index in [4.69, 9.17) is 0 Å². The van der Waals surface area contributed by atoms with Gasteiger partial charge in [0.1, 0.15) is 5.82 Å². The molecule has 4 rings (SSSR count). The van der Waals surface area contributed by atoms with Crippen molar-refractivity contribution in [3.05, 3.63) is 48.2 Å². The first-order chi connectivity index (χ1) is 13.3. The minimum atomic E-state index is 0.0724. The molecule has 0 aliphatic carbocycles. The molecule has 0 atom stereocenters. The van der Waals surface area contributed by atoms with E-state index in [9.17, 15) is 4.79 Å². The predicted octanol–water partition coefficient (Wildman–Crippen LogP) is 4.09. The number of fused-ring (bicyclic) bond motifs is 1. The van der Waals surface area contributed by atoms with Crippen LogP contribution in [0, 0.1) is 0 Å². The summed E-state index contributed by atoms with van der Waals surface area (Å²) in [4.78, 5) is 23.5. The Morgan fingerprint density at radius 2 is 2.07 bits per heavy atom. The second kappa shape index (κ2) is 8.71. The molecular weight excluding hydrogens is 376 g/mol. The van der Waals surface area contributed by atoms with Crippen molar-refractivity contribution < 1.29 is 4.79 Å². The van der Waals surface area contributed by atoms with Crippen LogP contribution in [0.25, 0.3) is 10.2 Å². The van der Waals surface area contributed by atoms with Crippen molar-refractivity contribution in [1.82, 2.24) is 15.3 Å². The largest absolute Gasteiger partial charge is 0.357 e. The summed E-state index contributed by atoms with van der Waals surface area (Å²) >= 11 is 3.33. The maximum absolute atomic E-state index is 12.2.